The number of ether oxygens (including phenoxy) is 2. The predicted molar refractivity (Wildman–Crippen MR) is 98.4 cm³/mol. The van der Waals surface area contributed by atoms with Crippen LogP contribution in [-0.2, 0) is 4.74 Å². The molecule has 1 N–H and O–H groups in total. The molecule has 0 radical (unpaired) electrons. The highest BCUT2D eigenvalue weighted by molar-refractivity contribution is 5.93. The third-order valence-electron chi connectivity index (χ3n) is 5.25. The Hall–Kier alpha value is -2.67. The molecule has 2 aromatic heterocycles. The van der Waals surface area contributed by atoms with Crippen molar-refractivity contribution in [2.45, 2.75) is 31.5 Å². The lowest BCUT2D eigenvalue weighted by Crippen LogP contribution is -2.52. The fourth-order valence-electron chi connectivity index (χ4n) is 3.24. The van der Waals surface area contributed by atoms with E-state index >= 15 is 0 Å². The molecule has 1 aliphatic heterocycles. The van der Waals surface area contributed by atoms with Gasteiger partial charge in [-0.15, -0.1) is 0 Å². The lowest BCUT2D eigenvalue weighted by molar-refractivity contribution is 0.0783. The molecule has 1 saturated carbocycles. The minimum absolute atomic E-state index is 0.00491. The van der Waals surface area contributed by atoms with Crippen molar-refractivity contribution in [3.63, 3.8) is 0 Å². The monoisotopic (exact) mass is 351 g/mol. The van der Waals surface area contributed by atoms with Crippen molar-refractivity contribution < 1.29 is 9.47 Å². The summed E-state index contributed by atoms with van der Waals surface area (Å²) in [6.45, 7) is 3.85. The van der Waals surface area contributed by atoms with E-state index in [0.717, 1.165) is 59.8 Å². The zero-order valence-electron chi connectivity index (χ0n) is 14.9. The van der Waals surface area contributed by atoms with Crippen LogP contribution in [0.2, 0.25) is 0 Å². The van der Waals surface area contributed by atoms with Crippen molar-refractivity contribution in [2.24, 2.45) is 0 Å². The van der Waals surface area contributed by atoms with Gasteiger partial charge in [0.15, 0.2) is 0 Å². The maximum absolute atomic E-state index is 6.10. The van der Waals surface area contributed by atoms with Crippen molar-refractivity contribution in [3.05, 3.63) is 30.6 Å². The molecule has 7 heteroatoms. The van der Waals surface area contributed by atoms with Crippen molar-refractivity contribution in [2.75, 3.05) is 25.1 Å². The van der Waals surface area contributed by atoms with E-state index in [0.29, 0.717) is 0 Å². The van der Waals surface area contributed by atoms with Gasteiger partial charge in [0.2, 0.25) is 0 Å². The summed E-state index contributed by atoms with van der Waals surface area (Å²) in [5.74, 6) is 1.78. The van der Waals surface area contributed by atoms with E-state index in [9.17, 15) is 0 Å². The van der Waals surface area contributed by atoms with Gasteiger partial charge in [0.05, 0.1) is 17.3 Å². The molecule has 7 nitrogen and oxygen atoms in total. The third-order valence-corrected chi connectivity index (χ3v) is 5.25. The molecule has 134 valence electrons. The number of aromatic nitrogens is 4. The summed E-state index contributed by atoms with van der Waals surface area (Å²) >= 11 is 0. The number of anilines is 1. The fraction of sp³-hybridized carbons (Fsp3) is 0.421. The predicted octanol–water partition coefficient (Wildman–Crippen LogP) is 2.79. The van der Waals surface area contributed by atoms with Crippen molar-refractivity contribution in [1.29, 1.82) is 0 Å². The summed E-state index contributed by atoms with van der Waals surface area (Å²) in [7, 11) is 1.74. The van der Waals surface area contributed by atoms with Gasteiger partial charge in [-0.3, -0.25) is 5.10 Å². The average molecular weight is 351 g/mol. The molecule has 2 aliphatic rings. The van der Waals surface area contributed by atoms with Gasteiger partial charge in [0.25, 0.3) is 0 Å². The number of nitrogens with one attached hydrogen (secondary N) is 1. The summed E-state index contributed by atoms with van der Waals surface area (Å²) < 4.78 is 11.4. The molecule has 0 atom stereocenters. The Labute approximate surface area is 151 Å². The first-order valence-electron chi connectivity index (χ1n) is 8.91. The molecule has 0 bridgehead atoms. The number of hydrogen-bond acceptors (Lipinski definition) is 6. The van der Waals surface area contributed by atoms with E-state index in [1.807, 2.05) is 24.3 Å². The Morgan fingerprint density at radius 2 is 2.04 bits per heavy atom. The minimum Gasteiger partial charge on any atom is -0.488 e. The molecule has 3 aromatic rings. The average Bonchev–Trinajstić information content (AvgIpc) is 3.17. The topological polar surface area (TPSA) is 76.2 Å². The Morgan fingerprint density at radius 3 is 2.81 bits per heavy atom. The second-order valence-corrected chi connectivity index (χ2v) is 7.36. The van der Waals surface area contributed by atoms with Crippen LogP contribution in [0.1, 0.15) is 19.8 Å². The Bertz CT molecular complexity index is 959. The molecule has 1 saturated heterocycles. The summed E-state index contributed by atoms with van der Waals surface area (Å²) in [5, 5.41) is 8.57. The normalized spacial score (nSPS) is 18.8. The van der Waals surface area contributed by atoms with Gasteiger partial charge >= 0.3 is 0 Å². The molecule has 1 aliphatic carbocycles. The number of aromatic amines is 1. The number of H-pyrrole nitrogens is 1. The molecular weight excluding hydrogens is 330 g/mol. The largest absolute Gasteiger partial charge is 0.488 e. The Morgan fingerprint density at radius 1 is 1.19 bits per heavy atom. The zero-order valence-corrected chi connectivity index (χ0v) is 14.9. The first kappa shape index (κ1) is 15.6. The fourth-order valence-corrected chi connectivity index (χ4v) is 3.24. The molecule has 0 unspecified atom stereocenters. The van der Waals surface area contributed by atoms with Gasteiger partial charge in [-0.2, -0.15) is 5.10 Å². The molecule has 26 heavy (non-hydrogen) atoms. The maximum atomic E-state index is 6.10. The first-order valence-corrected chi connectivity index (χ1v) is 8.91. The quantitative estimate of drug-likeness (QED) is 0.762. The van der Waals surface area contributed by atoms with E-state index in [2.05, 4.69) is 32.0 Å². The number of benzene rings is 1. The molecule has 0 amide bonds. The van der Waals surface area contributed by atoms with Gasteiger partial charge < -0.3 is 14.4 Å². The van der Waals surface area contributed by atoms with E-state index in [4.69, 9.17) is 9.47 Å². The molecule has 3 heterocycles. The van der Waals surface area contributed by atoms with Crippen LogP contribution in [0.3, 0.4) is 0 Å². The van der Waals surface area contributed by atoms with Gasteiger partial charge in [-0.25, -0.2) is 9.97 Å². The number of fused-ring (bicyclic) bond motifs is 1. The summed E-state index contributed by atoms with van der Waals surface area (Å²) in [6.07, 6.45) is 4.09. The minimum atomic E-state index is -0.00491. The van der Waals surface area contributed by atoms with E-state index in [1.54, 1.807) is 13.4 Å². The maximum Gasteiger partial charge on any atom is 0.132 e. The van der Waals surface area contributed by atoms with Gasteiger partial charge in [-0.05, 0) is 38.0 Å². The number of rotatable bonds is 5. The molecule has 2 fully saturated rings. The van der Waals surface area contributed by atoms with Crippen molar-refractivity contribution in [1.82, 2.24) is 20.2 Å². The SMILES string of the molecule is COC1CN(c2cc(-c3n[nH]c4ccc(OC5(C)CC5)cc34)ncn2)C1. The van der Waals surface area contributed by atoms with Crippen LogP contribution in [-0.4, -0.2) is 52.1 Å². The van der Waals surface area contributed by atoms with Crippen LogP contribution in [0.4, 0.5) is 5.82 Å². The first-order chi connectivity index (χ1) is 12.6. The van der Waals surface area contributed by atoms with E-state index < -0.39 is 0 Å². The van der Waals surface area contributed by atoms with Gasteiger partial charge in [-0.1, -0.05) is 0 Å². The Kier molecular flexibility index (Phi) is 3.40. The van der Waals surface area contributed by atoms with Crippen LogP contribution in [0.15, 0.2) is 30.6 Å². The highest BCUT2D eigenvalue weighted by Gasteiger charge is 2.40. The molecular formula is C19H21N5O2. The van der Waals surface area contributed by atoms with Gasteiger partial charge in [0.1, 0.15) is 29.2 Å². The molecule has 0 spiro atoms. The Balaban J connectivity index is 1.47. The number of hydrogen-bond donors (Lipinski definition) is 1. The zero-order chi connectivity index (χ0) is 17.7. The van der Waals surface area contributed by atoms with Crippen LogP contribution >= 0.6 is 0 Å². The number of methoxy groups -OCH3 is 1. The van der Waals surface area contributed by atoms with Crippen LogP contribution in [0, 0.1) is 0 Å². The summed E-state index contributed by atoms with van der Waals surface area (Å²) in [5.41, 5.74) is 2.59. The van der Waals surface area contributed by atoms with Crippen molar-refractivity contribution in [3.8, 4) is 17.1 Å². The van der Waals surface area contributed by atoms with Gasteiger partial charge in [0, 0.05) is 31.7 Å². The van der Waals surface area contributed by atoms with E-state index in [1.165, 1.54) is 0 Å². The summed E-state index contributed by atoms with van der Waals surface area (Å²) in [6, 6.07) is 8.03. The lowest BCUT2D eigenvalue weighted by Gasteiger charge is -2.38. The smallest absolute Gasteiger partial charge is 0.132 e. The molecule has 5 rings (SSSR count). The third kappa shape index (κ3) is 2.68. The van der Waals surface area contributed by atoms with E-state index in [-0.39, 0.29) is 11.7 Å². The van der Waals surface area contributed by atoms with Crippen molar-refractivity contribution >= 4 is 16.7 Å². The van der Waals surface area contributed by atoms with Crippen LogP contribution in [0.25, 0.3) is 22.3 Å². The number of nitrogens with zero attached hydrogens (tertiary/aromatic N) is 4. The standard InChI is InChI=1S/C19H21N5O2/c1-19(5-6-19)26-12-3-4-15-14(7-12)18(23-22-15)16-8-17(21-11-20-16)24-9-13(10-24)25-2/h3-4,7-8,11,13H,5-6,9-10H2,1-2H3,(H,22,23). The second-order valence-electron chi connectivity index (χ2n) is 7.36. The second kappa shape index (κ2) is 5.67. The summed E-state index contributed by atoms with van der Waals surface area (Å²) in [4.78, 5) is 11.0. The highest BCUT2D eigenvalue weighted by atomic mass is 16.5. The van der Waals surface area contributed by atoms with Crippen LogP contribution in [0.5, 0.6) is 5.75 Å². The highest BCUT2D eigenvalue weighted by Crippen LogP contribution is 2.40. The molecule has 1 aromatic carbocycles. The van der Waals surface area contributed by atoms with Crippen LogP contribution < -0.4 is 9.64 Å². The lowest BCUT2D eigenvalue weighted by atomic mass is 10.1.